The van der Waals surface area contributed by atoms with E-state index in [0.717, 1.165) is 18.4 Å². The van der Waals surface area contributed by atoms with E-state index in [4.69, 9.17) is 12.2 Å². The second-order valence-electron chi connectivity index (χ2n) is 7.18. The molecule has 1 aliphatic rings. The number of fused-ring (bicyclic) bond motifs is 2. The van der Waals surface area contributed by atoms with Crippen molar-refractivity contribution in [2.75, 3.05) is 0 Å². The monoisotopic (exact) mass is 336 g/mol. The number of hydrogen-bond acceptors (Lipinski definition) is 2. The van der Waals surface area contributed by atoms with Gasteiger partial charge in [0.25, 0.3) is 5.56 Å². The first-order valence-corrected chi connectivity index (χ1v) is 8.73. The van der Waals surface area contributed by atoms with Crippen molar-refractivity contribution in [3.05, 3.63) is 74.8 Å². The van der Waals surface area contributed by atoms with E-state index in [0.29, 0.717) is 10.2 Å². The Balaban J connectivity index is 2.00. The fraction of sp³-hybridized carbons (Fsp3) is 0.300. The topological polar surface area (TPSA) is 37.8 Å². The Morgan fingerprint density at radius 2 is 1.83 bits per heavy atom. The Kier molecular flexibility index (Phi) is 3.46. The number of H-pyrrole nitrogens is 1. The molecule has 122 valence electrons. The average Bonchev–Trinajstić information content (AvgIpc) is 2.57. The van der Waals surface area contributed by atoms with E-state index in [1.807, 2.05) is 30.3 Å². The molecule has 0 aliphatic heterocycles. The zero-order valence-electron chi connectivity index (χ0n) is 13.9. The maximum atomic E-state index is 13.1. The van der Waals surface area contributed by atoms with E-state index in [2.05, 4.69) is 37.0 Å². The molecule has 1 aromatic heterocycles. The molecule has 1 heterocycles. The van der Waals surface area contributed by atoms with Gasteiger partial charge >= 0.3 is 0 Å². The Morgan fingerprint density at radius 1 is 1.12 bits per heavy atom. The number of para-hydroxylation sites is 1. The van der Waals surface area contributed by atoms with Gasteiger partial charge in [0.1, 0.15) is 0 Å². The standard InChI is InChI=1S/C20H20N2OS/c1-20(2)12-11-17(13-7-3-5-9-15(13)20)22-18(23)14-8-4-6-10-16(14)21-19(22)24/h3-10,17H,11-12H2,1-2H3,(H,21,24)/t17-/m0/s1. The zero-order chi connectivity index (χ0) is 16.9. The first kappa shape index (κ1) is 15.3. The number of rotatable bonds is 1. The van der Waals surface area contributed by atoms with Gasteiger partial charge in [-0.2, -0.15) is 0 Å². The lowest BCUT2D eigenvalue weighted by Gasteiger charge is -2.37. The van der Waals surface area contributed by atoms with E-state index >= 15 is 0 Å². The summed E-state index contributed by atoms with van der Waals surface area (Å²) in [4.78, 5) is 16.3. The van der Waals surface area contributed by atoms with Crippen molar-refractivity contribution in [1.29, 1.82) is 0 Å². The Morgan fingerprint density at radius 3 is 2.67 bits per heavy atom. The molecule has 1 atom stereocenters. The summed E-state index contributed by atoms with van der Waals surface area (Å²) in [6, 6.07) is 16.0. The first-order valence-electron chi connectivity index (χ1n) is 8.32. The summed E-state index contributed by atoms with van der Waals surface area (Å²) in [5.41, 5.74) is 3.45. The van der Waals surface area contributed by atoms with Crippen molar-refractivity contribution >= 4 is 23.1 Å². The summed E-state index contributed by atoms with van der Waals surface area (Å²) >= 11 is 5.54. The van der Waals surface area contributed by atoms with Crippen LogP contribution in [0.1, 0.15) is 43.9 Å². The highest BCUT2D eigenvalue weighted by molar-refractivity contribution is 7.71. The lowest BCUT2D eigenvalue weighted by Crippen LogP contribution is -2.34. The predicted octanol–water partition coefficient (Wildman–Crippen LogP) is 4.72. The van der Waals surface area contributed by atoms with Crippen LogP contribution in [0.15, 0.2) is 53.3 Å². The maximum absolute atomic E-state index is 13.1. The smallest absolute Gasteiger partial charge is 0.262 e. The van der Waals surface area contributed by atoms with E-state index in [1.165, 1.54) is 11.1 Å². The molecular formula is C20H20N2OS. The van der Waals surface area contributed by atoms with Gasteiger partial charge in [-0.05, 0) is 53.7 Å². The fourth-order valence-electron chi connectivity index (χ4n) is 3.92. The second kappa shape index (κ2) is 5.42. The fourth-order valence-corrected chi connectivity index (χ4v) is 4.24. The van der Waals surface area contributed by atoms with Crippen molar-refractivity contribution in [2.45, 2.75) is 38.1 Å². The lowest BCUT2D eigenvalue weighted by molar-refractivity contribution is 0.361. The number of hydrogen-bond donors (Lipinski definition) is 1. The highest BCUT2D eigenvalue weighted by Gasteiger charge is 2.33. The molecule has 0 radical (unpaired) electrons. The van der Waals surface area contributed by atoms with Crippen molar-refractivity contribution in [3.63, 3.8) is 0 Å². The number of benzene rings is 2. The summed E-state index contributed by atoms with van der Waals surface area (Å²) < 4.78 is 2.27. The van der Waals surface area contributed by atoms with Gasteiger partial charge in [-0.15, -0.1) is 0 Å². The molecule has 0 bridgehead atoms. The SMILES string of the molecule is CC1(C)CC[C@H](n2c(=S)[nH]c3ccccc3c2=O)c2ccccc21. The van der Waals surface area contributed by atoms with Crippen LogP contribution in [-0.4, -0.2) is 9.55 Å². The summed E-state index contributed by atoms with van der Waals surface area (Å²) in [5, 5.41) is 0.688. The van der Waals surface area contributed by atoms with E-state index in [1.54, 1.807) is 4.57 Å². The molecule has 1 N–H and O–H groups in total. The molecule has 0 unspecified atom stereocenters. The second-order valence-corrected chi connectivity index (χ2v) is 7.56. The van der Waals surface area contributed by atoms with Crippen LogP contribution in [-0.2, 0) is 5.41 Å². The number of nitrogens with one attached hydrogen (secondary N) is 1. The molecule has 0 fully saturated rings. The lowest BCUT2D eigenvalue weighted by atomic mass is 9.71. The van der Waals surface area contributed by atoms with Crippen molar-refractivity contribution < 1.29 is 0 Å². The van der Waals surface area contributed by atoms with E-state index in [-0.39, 0.29) is 17.0 Å². The number of nitrogens with zero attached hydrogens (tertiary/aromatic N) is 1. The molecule has 3 nitrogen and oxygen atoms in total. The van der Waals surface area contributed by atoms with Crippen LogP contribution in [0.4, 0.5) is 0 Å². The minimum Gasteiger partial charge on any atom is -0.332 e. The molecular weight excluding hydrogens is 316 g/mol. The van der Waals surface area contributed by atoms with Crippen LogP contribution in [0.25, 0.3) is 10.9 Å². The Bertz CT molecular complexity index is 1050. The average molecular weight is 336 g/mol. The molecule has 0 saturated heterocycles. The molecule has 1 aliphatic carbocycles. The maximum Gasteiger partial charge on any atom is 0.262 e. The highest BCUT2D eigenvalue weighted by Crippen LogP contribution is 2.42. The molecule has 2 aromatic carbocycles. The van der Waals surface area contributed by atoms with E-state index < -0.39 is 0 Å². The minimum atomic E-state index is -0.00569. The van der Waals surface area contributed by atoms with Crippen LogP contribution in [0, 0.1) is 4.77 Å². The van der Waals surface area contributed by atoms with Gasteiger partial charge in [0.05, 0.1) is 16.9 Å². The summed E-state index contributed by atoms with van der Waals surface area (Å²) in [6.45, 7) is 4.54. The van der Waals surface area contributed by atoms with Crippen molar-refractivity contribution in [2.24, 2.45) is 0 Å². The molecule has 3 aromatic rings. The van der Waals surface area contributed by atoms with Gasteiger partial charge in [-0.1, -0.05) is 50.2 Å². The summed E-state index contributed by atoms with van der Waals surface area (Å²) in [6.07, 6.45) is 1.95. The van der Waals surface area contributed by atoms with Gasteiger partial charge in [0, 0.05) is 0 Å². The normalized spacial score (nSPS) is 19.2. The number of aromatic nitrogens is 2. The molecule has 0 saturated carbocycles. The summed E-state index contributed by atoms with van der Waals surface area (Å²) in [5.74, 6) is 0. The largest absolute Gasteiger partial charge is 0.332 e. The van der Waals surface area contributed by atoms with Crippen molar-refractivity contribution in [3.8, 4) is 0 Å². The quantitative estimate of drug-likeness (QED) is 0.653. The Labute approximate surface area is 146 Å². The van der Waals surface area contributed by atoms with Crippen molar-refractivity contribution in [1.82, 2.24) is 9.55 Å². The predicted molar refractivity (Wildman–Crippen MR) is 100 cm³/mol. The third-order valence-corrected chi connectivity index (χ3v) is 5.54. The van der Waals surface area contributed by atoms with Crippen LogP contribution in [0.5, 0.6) is 0 Å². The van der Waals surface area contributed by atoms with Gasteiger partial charge in [0.15, 0.2) is 4.77 Å². The van der Waals surface area contributed by atoms with Gasteiger partial charge in [-0.25, -0.2) is 0 Å². The highest BCUT2D eigenvalue weighted by atomic mass is 32.1. The van der Waals surface area contributed by atoms with Gasteiger partial charge < -0.3 is 4.98 Å². The van der Waals surface area contributed by atoms with Crippen LogP contribution < -0.4 is 5.56 Å². The van der Waals surface area contributed by atoms with Gasteiger partial charge in [0.2, 0.25) is 0 Å². The molecule has 4 heteroatoms. The minimum absolute atomic E-state index is 0.00455. The molecule has 24 heavy (non-hydrogen) atoms. The van der Waals surface area contributed by atoms with E-state index in [9.17, 15) is 4.79 Å². The van der Waals surface area contributed by atoms with Gasteiger partial charge in [-0.3, -0.25) is 9.36 Å². The third kappa shape index (κ3) is 2.25. The Hall–Kier alpha value is -2.20. The molecule has 4 rings (SSSR count). The molecule has 0 spiro atoms. The molecule has 0 amide bonds. The zero-order valence-corrected chi connectivity index (χ0v) is 14.7. The van der Waals surface area contributed by atoms with Crippen LogP contribution in [0.2, 0.25) is 0 Å². The van der Waals surface area contributed by atoms with Crippen LogP contribution >= 0.6 is 12.2 Å². The number of aromatic amines is 1. The van der Waals surface area contributed by atoms with Crippen LogP contribution in [0.3, 0.4) is 0 Å². The third-order valence-electron chi connectivity index (χ3n) is 5.24. The summed E-state index contributed by atoms with van der Waals surface area (Å²) in [7, 11) is 0. The first-order chi connectivity index (χ1) is 11.5.